The maximum Gasteiger partial charge on any atom is 0.421 e. The summed E-state index contributed by atoms with van der Waals surface area (Å²) in [6.07, 6.45) is 14.0. The molecule has 0 saturated carbocycles. The second kappa shape index (κ2) is 24.9. The molecule has 3 heterocycles. The summed E-state index contributed by atoms with van der Waals surface area (Å²) in [6, 6.07) is 29.8. The standard InChI is InChI=1S/C14H16N2.C13H18N5.C11H13N5.5CH4/c1-15-10-8-13(9-11-15)12-16(2)14-6-4-3-5-7-14;1-16(2)12-7-5-11(6-8-12)14-15-13-17(3)9-10-18(13)4;1-15-7-8-16(2)11(15)14-13-10-5-3-9(12)4-6-10;;;;;/h3-12H,1-2H3;5-10H,1-4H3;3-8,12H,1-2H3;5*1H4/q+2;+1;;;;;;/p+1. The molecular weight excluding hydrogens is 685 g/mol. The van der Waals surface area contributed by atoms with Crippen LogP contribution in [0.1, 0.15) is 42.7 Å². The number of anilines is 2. The number of pyridine rings is 1. The Bertz CT molecular complexity index is 1980. The molecule has 6 aromatic rings. The summed E-state index contributed by atoms with van der Waals surface area (Å²) in [5.74, 6) is 1.60. The predicted octanol–water partition coefficient (Wildman–Crippen LogP) is 9.26. The van der Waals surface area contributed by atoms with Crippen LogP contribution in [-0.2, 0) is 35.2 Å². The van der Waals surface area contributed by atoms with Gasteiger partial charge in [0.15, 0.2) is 18.6 Å². The minimum atomic E-state index is 0. The molecule has 3 aromatic carbocycles. The second-order valence-corrected chi connectivity index (χ2v) is 11.9. The normalized spacial score (nSPS) is 10.2. The van der Waals surface area contributed by atoms with E-state index in [4.69, 9.17) is 5.73 Å². The van der Waals surface area contributed by atoms with Crippen LogP contribution in [0.5, 0.6) is 0 Å². The van der Waals surface area contributed by atoms with Crippen LogP contribution < -0.4 is 24.3 Å². The predicted molar refractivity (Wildman–Crippen MR) is 232 cm³/mol. The third-order valence-electron chi connectivity index (χ3n) is 7.57. The fraction of sp³-hybridized carbons (Fsp3) is 0.302. The smallest absolute Gasteiger partial charge is 0.399 e. The summed E-state index contributed by atoms with van der Waals surface area (Å²) >= 11 is 0. The van der Waals surface area contributed by atoms with Crippen molar-refractivity contribution in [2.75, 3.05) is 31.8 Å². The van der Waals surface area contributed by atoms with Crippen molar-refractivity contribution < 1.29 is 18.3 Å². The Morgan fingerprint density at radius 1 is 0.600 bits per heavy atom. The third kappa shape index (κ3) is 15.7. The van der Waals surface area contributed by atoms with Gasteiger partial charge in [-0.25, -0.2) is 27.4 Å². The van der Waals surface area contributed by atoms with E-state index in [9.17, 15) is 0 Å². The summed E-state index contributed by atoms with van der Waals surface area (Å²) in [5, 5.41) is 16.8. The Morgan fingerprint density at radius 3 is 1.44 bits per heavy atom. The maximum atomic E-state index is 5.59. The summed E-state index contributed by atoms with van der Waals surface area (Å²) in [6.45, 7) is 0. The Morgan fingerprint density at radius 2 is 1.04 bits per heavy atom. The molecule has 0 bridgehead atoms. The molecule has 0 aliphatic carbocycles. The van der Waals surface area contributed by atoms with Crippen LogP contribution in [0.15, 0.2) is 149 Å². The van der Waals surface area contributed by atoms with Crippen molar-refractivity contribution in [2.45, 2.75) is 37.1 Å². The van der Waals surface area contributed by atoms with Gasteiger partial charge in [-0.15, -0.1) is 0 Å². The van der Waals surface area contributed by atoms with Crippen molar-refractivity contribution in [3.8, 4) is 0 Å². The highest BCUT2D eigenvalue weighted by atomic mass is 15.3. The van der Waals surface area contributed by atoms with E-state index in [1.165, 1.54) is 11.3 Å². The van der Waals surface area contributed by atoms with Gasteiger partial charge < -0.3 is 10.6 Å². The van der Waals surface area contributed by atoms with Gasteiger partial charge in [0.2, 0.25) is 5.69 Å². The first-order valence-electron chi connectivity index (χ1n) is 16.1. The molecule has 0 amide bonds. The molecule has 0 saturated heterocycles. The molecule has 12 nitrogen and oxygen atoms in total. The van der Waals surface area contributed by atoms with E-state index in [1.807, 2.05) is 164 Å². The number of aromatic nitrogens is 5. The molecule has 12 heteroatoms. The van der Waals surface area contributed by atoms with Crippen molar-refractivity contribution in [3.63, 3.8) is 0 Å². The van der Waals surface area contributed by atoms with Gasteiger partial charge in [-0.2, -0.15) is 0 Å². The number of nitrogens with zero attached hydrogens (tertiary/aromatic N) is 11. The average molecular weight is 753 g/mol. The fourth-order valence-electron chi connectivity index (χ4n) is 4.57. The van der Waals surface area contributed by atoms with Gasteiger partial charge >= 0.3 is 11.9 Å². The zero-order chi connectivity index (χ0) is 36.0. The number of nitrogen functional groups attached to an aromatic ring is 1. The number of benzene rings is 3. The van der Waals surface area contributed by atoms with Crippen molar-refractivity contribution in [3.05, 3.63) is 134 Å². The Kier molecular flexibility index (Phi) is 23.0. The van der Waals surface area contributed by atoms with Gasteiger partial charge in [-0.05, 0) is 48.5 Å². The molecule has 55 heavy (non-hydrogen) atoms. The lowest BCUT2D eigenvalue weighted by Crippen LogP contribution is -2.26. The minimum Gasteiger partial charge on any atom is -0.399 e. The van der Waals surface area contributed by atoms with E-state index >= 15 is 0 Å². The molecule has 6 rings (SSSR count). The summed E-state index contributed by atoms with van der Waals surface area (Å²) in [7, 11) is 15.9. The number of azo groups is 2. The summed E-state index contributed by atoms with van der Waals surface area (Å²) < 4.78 is 11.8. The fourth-order valence-corrected chi connectivity index (χ4v) is 4.57. The lowest BCUT2D eigenvalue weighted by Gasteiger charge is -2.11. The molecule has 296 valence electrons. The van der Waals surface area contributed by atoms with Gasteiger partial charge in [-0.1, -0.05) is 65.6 Å². The highest BCUT2D eigenvalue weighted by Crippen LogP contribution is 2.20. The van der Waals surface area contributed by atoms with E-state index in [0.717, 1.165) is 34.6 Å². The van der Waals surface area contributed by atoms with Crippen LogP contribution in [0.2, 0.25) is 0 Å². The van der Waals surface area contributed by atoms with Crippen molar-refractivity contribution in [1.82, 2.24) is 9.13 Å². The zero-order valence-corrected chi connectivity index (χ0v) is 30.2. The molecule has 0 aliphatic heterocycles. The van der Waals surface area contributed by atoms with E-state index in [2.05, 4.69) is 67.5 Å². The number of aryl methyl sites for hydroxylation is 5. The van der Waals surface area contributed by atoms with Crippen molar-refractivity contribution >= 4 is 46.5 Å². The Hall–Kier alpha value is -6.30. The lowest BCUT2D eigenvalue weighted by atomic mass is 10.2. The van der Waals surface area contributed by atoms with Crippen molar-refractivity contribution in [1.29, 1.82) is 0 Å². The molecule has 0 spiro atoms. The Balaban J connectivity index is 0. The van der Waals surface area contributed by atoms with Crippen LogP contribution >= 0.6 is 0 Å². The SMILES string of the molecule is C.C.C.C.C.CN(C)c1ccc(N=Nc2n(C)cc[n+]2C)cc1.C[N+](=Cc1cc[n+](C)cc1)c1ccccc1.Cn1cc[n+](C)c1N=Nc1ccc(N)cc1. The molecule has 2 N–H and O–H groups in total. The minimum absolute atomic E-state index is 0. The molecule has 0 aliphatic rings. The van der Waals surface area contributed by atoms with Gasteiger partial charge in [0.25, 0.3) is 0 Å². The first kappa shape index (κ1) is 50.8. The number of hydrogen-bond donors (Lipinski definition) is 1. The monoisotopic (exact) mass is 753 g/mol. The molecular formula is C43H68N12+4. The lowest BCUT2D eigenvalue weighted by molar-refractivity contribution is -0.671. The second-order valence-electron chi connectivity index (χ2n) is 11.9. The van der Waals surface area contributed by atoms with E-state index in [0.29, 0.717) is 0 Å². The number of rotatable bonds is 7. The van der Waals surface area contributed by atoms with Crippen LogP contribution in [-0.4, -0.2) is 41.1 Å². The highest BCUT2D eigenvalue weighted by molar-refractivity contribution is 5.75. The van der Waals surface area contributed by atoms with Crippen LogP contribution in [0.25, 0.3) is 0 Å². The van der Waals surface area contributed by atoms with Gasteiger partial charge in [0.1, 0.15) is 25.5 Å². The van der Waals surface area contributed by atoms with Crippen molar-refractivity contribution in [2.24, 2.45) is 55.7 Å². The Labute approximate surface area is 331 Å². The van der Waals surface area contributed by atoms with Gasteiger partial charge in [0.05, 0.1) is 58.5 Å². The summed E-state index contributed by atoms with van der Waals surface area (Å²) in [4.78, 5) is 2.05. The first-order chi connectivity index (χ1) is 24.0. The average Bonchev–Trinajstić information content (AvgIpc) is 3.62. The van der Waals surface area contributed by atoms with E-state index < -0.39 is 0 Å². The molecule has 3 aromatic heterocycles. The molecule has 0 unspecified atom stereocenters. The van der Waals surface area contributed by atoms with Gasteiger partial charge in [0, 0.05) is 60.0 Å². The molecule has 0 radical (unpaired) electrons. The largest absolute Gasteiger partial charge is 0.421 e. The van der Waals surface area contributed by atoms with Crippen LogP contribution in [0.4, 0.5) is 40.3 Å². The third-order valence-corrected chi connectivity index (χ3v) is 7.57. The van der Waals surface area contributed by atoms with Crippen LogP contribution in [0.3, 0.4) is 0 Å². The topological polar surface area (TPSA) is 103 Å². The number of imidazole rings is 2. The highest BCUT2D eigenvalue weighted by Gasteiger charge is 2.11. The van der Waals surface area contributed by atoms with Crippen LogP contribution in [0, 0.1) is 0 Å². The molecule has 0 fully saturated rings. The number of para-hydroxylation sites is 1. The van der Waals surface area contributed by atoms with Gasteiger partial charge in [-0.3, -0.25) is 0 Å². The number of hydrogen-bond acceptors (Lipinski definition) is 6. The zero-order valence-electron chi connectivity index (χ0n) is 30.2. The van der Waals surface area contributed by atoms with E-state index in [-0.39, 0.29) is 37.1 Å². The van der Waals surface area contributed by atoms with E-state index in [1.54, 1.807) is 12.1 Å². The molecule has 0 atom stereocenters. The first-order valence-corrected chi connectivity index (χ1v) is 16.1. The quantitative estimate of drug-likeness (QED) is 0.0761. The maximum absolute atomic E-state index is 5.59. The summed E-state index contributed by atoms with van der Waals surface area (Å²) in [5.41, 5.74) is 11.5. The number of nitrogens with two attached hydrogens (primary N) is 1.